The standard InChI is InChI=1S/C22H23N3O2/c1-27-20-9-5-8-17(14-20)10-12-23-19-11-13-24-21(15-19)22(26)25-16-18-6-3-2-4-7-18/h2-9,11,13-15H,10,12,16H2,1H3,(H,23,24)(H,25,26). The summed E-state index contributed by atoms with van der Waals surface area (Å²) in [5.41, 5.74) is 3.52. The number of ether oxygens (including phenoxy) is 1. The molecule has 0 bridgehead atoms. The third kappa shape index (κ3) is 5.57. The molecule has 0 aliphatic carbocycles. The zero-order chi connectivity index (χ0) is 18.9. The zero-order valence-electron chi connectivity index (χ0n) is 15.3. The Labute approximate surface area is 159 Å². The number of benzene rings is 2. The highest BCUT2D eigenvalue weighted by Crippen LogP contribution is 2.14. The van der Waals surface area contributed by atoms with Gasteiger partial charge in [-0.25, -0.2) is 0 Å². The number of anilines is 1. The minimum Gasteiger partial charge on any atom is -0.497 e. The minimum atomic E-state index is -0.185. The highest BCUT2D eigenvalue weighted by Gasteiger charge is 2.07. The Morgan fingerprint density at radius 2 is 1.81 bits per heavy atom. The molecule has 1 aromatic heterocycles. The van der Waals surface area contributed by atoms with Gasteiger partial charge in [-0.1, -0.05) is 42.5 Å². The minimum absolute atomic E-state index is 0.185. The van der Waals surface area contributed by atoms with Gasteiger partial charge >= 0.3 is 0 Å². The van der Waals surface area contributed by atoms with E-state index in [1.54, 1.807) is 19.4 Å². The highest BCUT2D eigenvalue weighted by atomic mass is 16.5. The molecule has 3 rings (SSSR count). The first-order valence-corrected chi connectivity index (χ1v) is 8.89. The Kier molecular flexibility index (Phi) is 6.41. The van der Waals surface area contributed by atoms with E-state index in [0.717, 1.165) is 30.0 Å². The summed E-state index contributed by atoms with van der Waals surface area (Å²) >= 11 is 0. The van der Waals surface area contributed by atoms with Crippen LogP contribution < -0.4 is 15.4 Å². The molecule has 2 N–H and O–H groups in total. The number of rotatable bonds is 8. The number of carbonyl (C=O) groups is 1. The van der Waals surface area contributed by atoms with Crippen molar-refractivity contribution in [1.29, 1.82) is 0 Å². The van der Waals surface area contributed by atoms with Gasteiger partial charge in [-0.15, -0.1) is 0 Å². The van der Waals surface area contributed by atoms with E-state index in [0.29, 0.717) is 12.2 Å². The van der Waals surface area contributed by atoms with E-state index in [4.69, 9.17) is 4.74 Å². The van der Waals surface area contributed by atoms with Crippen molar-refractivity contribution < 1.29 is 9.53 Å². The Bertz CT molecular complexity index is 881. The summed E-state index contributed by atoms with van der Waals surface area (Å²) in [4.78, 5) is 16.5. The van der Waals surface area contributed by atoms with Gasteiger partial charge in [0.25, 0.3) is 5.91 Å². The fourth-order valence-corrected chi connectivity index (χ4v) is 2.71. The highest BCUT2D eigenvalue weighted by molar-refractivity contribution is 5.93. The van der Waals surface area contributed by atoms with Crippen molar-refractivity contribution in [3.8, 4) is 5.75 Å². The predicted molar refractivity (Wildman–Crippen MR) is 107 cm³/mol. The molecule has 0 aliphatic rings. The fraction of sp³-hybridized carbons (Fsp3) is 0.182. The van der Waals surface area contributed by atoms with Gasteiger partial charge in [0.05, 0.1) is 7.11 Å². The van der Waals surface area contributed by atoms with E-state index in [-0.39, 0.29) is 5.91 Å². The number of carbonyl (C=O) groups excluding carboxylic acids is 1. The van der Waals surface area contributed by atoms with Gasteiger partial charge in [0.2, 0.25) is 0 Å². The number of nitrogens with zero attached hydrogens (tertiary/aromatic N) is 1. The summed E-state index contributed by atoms with van der Waals surface area (Å²) < 4.78 is 5.24. The van der Waals surface area contributed by atoms with Gasteiger partial charge < -0.3 is 15.4 Å². The Balaban J connectivity index is 1.52. The summed E-state index contributed by atoms with van der Waals surface area (Å²) in [6, 6.07) is 21.4. The van der Waals surface area contributed by atoms with Gasteiger partial charge in [0.1, 0.15) is 11.4 Å². The number of hydrogen-bond donors (Lipinski definition) is 2. The van der Waals surface area contributed by atoms with Gasteiger partial charge in [-0.3, -0.25) is 9.78 Å². The summed E-state index contributed by atoms with van der Waals surface area (Å²) in [5, 5.41) is 6.23. The molecule has 1 heterocycles. The van der Waals surface area contributed by atoms with Crippen molar-refractivity contribution in [2.75, 3.05) is 19.0 Å². The van der Waals surface area contributed by atoms with Crippen LogP contribution in [0.4, 0.5) is 5.69 Å². The molecular formula is C22H23N3O2. The maximum absolute atomic E-state index is 12.3. The number of methoxy groups -OCH3 is 1. The third-order valence-electron chi connectivity index (χ3n) is 4.17. The first kappa shape index (κ1) is 18.5. The van der Waals surface area contributed by atoms with Crippen LogP contribution in [0.3, 0.4) is 0 Å². The first-order valence-electron chi connectivity index (χ1n) is 8.89. The molecule has 138 valence electrons. The van der Waals surface area contributed by atoms with Gasteiger partial charge in [-0.2, -0.15) is 0 Å². The lowest BCUT2D eigenvalue weighted by atomic mass is 10.1. The normalized spacial score (nSPS) is 10.3. The summed E-state index contributed by atoms with van der Waals surface area (Å²) in [6.07, 6.45) is 2.50. The molecule has 2 aromatic carbocycles. The quantitative estimate of drug-likeness (QED) is 0.642. The molecule has 0 atom stereocenters. The average molecular weight is 361 g/mol. The molecule has 0 radical (unpaired) electrons. The second-order valence-corrected chi connectivity index (χ2v) is 6.13. The van der Waals surface area contributed by atoms with Crippen molar-refractivity contribution in [1.82, 2.24) is 10.3 Å². The molecule has 3 aromatic rings. The molecule has 5 heteroatoms. The van der Waals surface area contributed by atoms with Crippen molar-refractivity contribution in [3.05, 3.63) is 89.7 Å². The second kappa shape index (κ2) is 9.38. The van der Waals surface area contributed by atoms with Crippen LogP contribution in [-0.2, 0) is 13.0 Å². The van der Waals surface area contributed by atoms with E-state index in [2.05, 4.69) is 21.7 Å². The zero-order valence-corrected chi connectivity index (χ0v) is 15.3. The van der Waals surface area contributed by atoms with Gasteiger partial charge in [0, 0.05) is 25.0 Å². The van der Waals surface area contributed by atoms with Crippen LogP contribution in [0, 0.1) is 0 Å². The Morgan fingerprint density at radius 1 is 1.00 bits per heavy atom. The van der Waals surface area contributed by atoms with Crippen LogP contribution in [0.1, 0.15) is 21.6 Å². The summed E-state index contributed by atoms with van der Waals surface area (Å²) in [5.74, 6) is 0.670. The molecule has 0 unspecified atom stereocenters. The first-order chi connectivity index (χ1) is 13.2. The third-order valence-corrected chi connectivity index (χ3v) is 4.17. The lowest BCUT2D eigenvalue weighted by Gasteiger charge is -2.09. The molecular weight excluding hydrogens is 338 g/mol. The van der Waals surface area contributed by atoms with Gasteiger partial charge in [-0.05, 0) is 41.8 Å². The van der Waals surface area contributed by atoms with Crippen LogP contribution in [0.5, 0.6) is 5.75 Å². The largest absolute Gasteiger partial charge is 0.497 e. The summed E-state index contributed by atoms with van der Waals surface area (Å²) in [7, 11) is 1.67. The second-order valence-electron chi connectivity index (χ2n) is 6.13. The van der Waals surface area contributed by atoms with E-state index in [1.807, 2.05) is 54.6 Å². The number of aromatic nitrogens is 1. The molecule has 27 heavy (non-hydrogen) atoms. The van der Waals surface area contributed by atoms with Crippen LogP contribution >= 0.6 is 0 Å². The van der Waals surface area contributed by atoms with Crippen LogP contribution in [0.15, 0.2) is 72.9 Å². The maximum atomic E-state index is 12.3. The summed E-state index contributed by atoms with van der Waals surface area (Å²) in [6.45, 7) is 1.23. The lowest BCUT2D eigenvalue weighted by molar-refractivity contribution is 0.0946. The number of pyridine rings is 1. The smallest absolute Gasteiger partial charge is 0.270 e. The van der Waals surface area contributed by atoms with E-state index >= 15 is 0 Å². The molecule has 0 aliphatic heterocycles. The van der Waals surface area contributed by atoms with Crippen molar-refractivity contribution in [3.63, 3.8) is 0 Å². The maximum Gasteiger partial charge on any atom is 0.270 e. The van der Waals surface area contributed by atoms with E-state index in [9.17, 15) is 4.79 Å². The average Bonchev–Trinajstić information content (AvgIpc) is 2.73. The van der Waals surface area contributed by atoms with Crippen LogP contribution in [-0.4, -0.2) is 24.5 Å². The van der Waals surface area contributed by atoms with Crippen LogP contribution in [0.25, 0.3) is 0 Å². The van der Waals surface area contributed by atoms with Crippen molar-refractivity contribution >= 4 is 11.6 Å². The Morgan fingerprint density at radius 3 is 2.63 bits per heavy atom. The monoisotopic (exact) mass is 361 g/mol. The number of hydrogen-bond acceptors (Lipinski definition) is 4. The molecule has 0 saturated heterocycles. The van der Waals surface area contributed by atoms with Gasteiger partial charge in [0.15, 0.2) is 0 Å². The number of amides is 1. The van der Waals surface area contributed by atoms with Crippen molar-refractivity contribution in [2.45, 2.75) is 13.0 Å². The van der Waals surface area contributed by atoms with Crippen molar-refractivity contribution in [2.24, 2.45) is 0 Å². The number of nitrogens with one attached hydrogen (secondary N) is 2. The van der Waals surface area contributed by atoms with E-state index < -0.39 is 0 Å². The van der Waals surface area contributed by atoms with E-state index in [1.165, 1.54) is 5.56 Å². The lowest BCUT2D eigenvalue weighted by Crippen LogP contribution is -2.23. The Hall–Kier alpha value is -3.34. The molecule has 1 amide bonds. The molecule has 5 nitrogen and oxygen atoms in total. The molecule has 0 saturated carbocycles. The SMILES string of the molecule is COc1cccc(CCNc2ccnc(C(=O)NCc3ccccc3)c2)c1. The molecule has 0 fully saturated rings. The fourth-order valence-electron chi connectivity index (χ4n) is 2.71. The molecule has 0 spiro atoms. The topological polar surface area (TPSA) is 63.2 Å². The predicted octanol–water partition coefficient (Wildman–Crippen LogP) is 3.67. The van der Waals surface area contributed by atoms with Crippen LogP contribution in [0.2, 0.25) is 0 Å².